The number of phenols is 1. The molecule has 30 heavy (non-hydrogen) atoms. The van der Waals surface area contributed by atoms with Crippen molar-refractivity contribution >= 4 is 17.3 Å². The Kier molecular flexibility index (Phi) is 5.93. The Bertz CT molecular complexity index is 1050. The van der Waals surface area contributed by atoms with Crippen LogP contribution in [0.15, 0.2) is 71.7 Å². The number of hydrogen-bond donors (Lipinski definition) is 2. The van der Waals surface area contributed by atoms with E-state index in [2.05, 4.69) is 5.32 Å². The molecule has 0 unspecified atom stereocenters. The molecule has 0 radical (unpaired) electrons. The van der Waals surface area contributed by atoms with Gasteiger partial charge in [0.15, 0.2) is 0 Å². The number of benzene rings is 3. The first-order valence-corrected chi connectivity index (χ1v) is 10.0. The Morgan fingerprint density at radius 2 is 1.57 bits per heavy atom. The van der Waals surface area contributed by atoms with E-state index in [-0.39, 0.29) is 18.0 Å². The van der Waals surface area contributed by atoms with E-state index in [0.717, 1.165) is 33.9 Å². The van der Waals surface area contributed by atoms with Gasteiger partial charge in [-0.3, -0.25) is 10.3 Å². The van der Waals surface area contributed by atoms with Crippen LogP contribution in [0.5, 0.6) is 17.2 Å². The van der Waals surface area contributed by atoms with Crippen molar-refractivity contribution in [3.05, 3.63) is 88.4 Å². The van der Waals surface area contributed by atoms with E-state index < -0.39 is 0 Å². The zero-order valence-corrected chi connectivity index (χ0v) is 17.6. The number of methoxy groups -OCH3 is 2. The number of hydrogen-bond acceptors (Lipinski definition) is 5. The van der Waals surface area contributed by atoms with Crippen molar-refractivity contribution in [1.29, 1.82) is 0 Å². The highest BCUT2D eigenvalue weighted by atomic mass is 35.5. The Labute approximate surface area is 180 Å². The van der Waals surface area contributed by atoms with Gasteiger partial charge in [-0.2, -0.15) is 0 Å². The van der Waals surface area contributed by atoms with E-state index in [1.165, 1.54) is 0 Å². The molecule has 0 saturated carbocycles. The van der Waals surface area contributed by atoms with E-state index >= 15 is 0 Å². The molecule has 0 fully saturated rings. The molecule has 0 amide bonds. The van der Waals surface area contributed by atoms with Crippen LogP contribution in [0.4, 0.5) is 0 Å². The van der Waals surface area contributed by atoms with E-state index in [1.54, 1.807) is 32.4 Å². The Balaban J connectivity index is 1.73. The van der Waals surface area contributed by atoms with Crippen LogP contribution in [0.25, 0.3) is 0 Å². The Morgan fingerprint density at radius 1 is 0.933 bits per heavy atom. The number of aliphatic imine (C=N–C) groups is 1. The minimum Gasteiger partial charge on any atom is -0.508 e. The van der Waals surface area contributed by atoms with Crippen LogP contribution in [0.1, 0.15) is 35.3 Å². The van der Waals surface area contributed by atoms with Gasteiger partial charge in [-0.05, 0) is 65.7 Å². The number of phenolic OH excluding ortho intramolecular Hbond substituents is 1. The largest absolute Gasteiger partial charge is 0.508 e. The van der Waals surface area contributed by atoms with Crippen molar-refractivity contribution in [3.8, 4) is 17.2 Å². The molecule has 0 saturated heterocycles. The highest BCUT2D eigenvalue weighted by Gasteiger charge is 2.28. The molecule has 4 rings (SSSR count). The minimum atomic E-state index is -0.273. The molecule has 2 atom stereocenters. The second-order valence-electron chi connectivity index (χ2n) is 7.11. The molecule has 0 bridgehead atoms. The lowest BCUT2D eigenvalue weighted by Crippen LogP contribution is -2.33. The van der Waals surface area contributed by atoms with Gasteiger partial charge in [-0.25, -0.2) is 0 Å². The third kappa shape index (κ3) is 4.27. The maximum atomic E-state index is 10.5. The highest BCUT2D eigenvalue weighted by Crippen LogP contribution is 2.36. The topological polar surface area (TPSA) is 63.1 Å². The van der Waals surface area contributed by atoms with E-state index in [1.807, 2.05) is 48.5 Å². The van der Waals surface area contributed by atoms with Gasteiger partial charge in [0.25, 0.3) is 0 Å². The molecular formula is C24H23ClN2O3. The summed E-state index contributed by atoms with van der Waals surface area (Å²) in [5, 5.41) is 14.6. The number of halogens is 1. The van der Waals surface area contributed by atoms with Crippen LogP contribution in [-0.2, 0) is 0 Å². The predicted octanol–water partition coefficient (Wildman–Crippen LogP) is 5.29. The van der Waals surface area contributed by atoms with Crippen molar-refractivity contribution in [1.82, 2.24) is 5.32 Å². The number of nitrogens with zero attached hydrogens (tertiary/aromatic N) is 1. The first-order chi connectivity index (χ1) is 14.6. The zero-order chi connectivity index (χ0) is 21.1. The van der Waals surface area contributed by atoms with Gasteiger partial charge in [0, 0.05) is 28.8 Å². The van der Waals surface area contributed by atoms with E-state index in [0.29, 0.717) is 11.4 Å². The average molecular weight is 423 g/mol. The van der Waals surface area contributed by atoms with Crippen LogP contribution >= 0.6 is 11.6 Å². The summed E-state index contributed by atoms with van der Waals surface area (Å²) in [6.07, 6.45) is 0.345. The lowest BCUT2D eigenvalue weighted by Gasteiger charge is -2.31. The lowest BCUT2D eigenvalue weighted by molar-refractivity contribution is 0.408. The zero-order valence-electron chi connectivity index (χ0n) is 16.8. The van der Waals surface area contributed by atoms with Crippen LogP contribution in [0.3, 0.4) is 0 Å². The fourth-order valence-electron chi connectivity index (χ4n) is 3.63. The summed E-state index contributed by atoms with van der Waals surface area (Å²) in [5.74, 6) is 1.79. The third-order valence-electron chi connectivity index (χ3n) is 5.26. The first-order valence-electron chi connectivity index (χ1n) is 9.67. The molecule has 1 heterocycles. The van der Waals surface area contributed by atoms with E-state index in [9.17, 15) is 5.11 Å². The van der Waals surface area contributed by atoms with Crippen LogP contribution in [0.2, 0.25) is 5.02 Å². The normalized spacial score (nSPS) is 18.6. The average Bonchev–Trinajstić information content (AvgIpc) is 2.80. The second kappa shape index (κ2) is 8.78. The Morgan fingerprint density at radius 3 is 2.20 bits per heavy atom. The summed E-state index contributed by atoms with van der Waals surface area (Å²) in [7, 11) is 3.29. The molecule has 1 aliphatic heterocycles. The van der Waals surface area contributed by atoms with Crippen LogP contribution in [0, 0.1) is 0 Å². The number of ether oxygens (including phenoxy) is 2. The molecule has 0 spiro atoms. The standard InChI is InChI=1S/C24H23ClN2O3/c1-29-18-8-3-15(4-9-18)21-14-22(20-13-17(25)7-12-23(20)28)27-24(26-21)16-5-10-19(30-2)11-6-16/h3-13,22,24,27-28H,14H2,1-2H3/t22-,24+/m1/s1. The van der Waals surface area contributed by atoms with Crippen molar-refractivity contribution in [3.63, 3.8) is 0 Å². The fourth-order valence-corrected chi connectivity index (χ4v) is 3.81. The van der Waals surface area contributed by atoms with Gasteiger partial charge < -0.3 is 14.6 Å². The highest BCUT2D eigenvalue weighted by molar-refractivity contribution is 6.30. The van der Waals surface area contributed by atoms with Crippen molar-refractivity contribution < 1.29 is 14.6 Å². The van der Waals surface area contributed by atoms with Crippen molar-refractivity contribution in [2.45, 2.75) is 18.6 Å². The molecule has 154 valence electrons. The van der Waals surface area contributed by atoms with Gasteiger partial charge in [-0.15, -0.1) is 0 Å². The predicted molar refractivity (Wildman–Crippen MR) is 119 cm³/mol. The maximum Gasteiger partial charge on any atom is 0.126 e. The SMILES string of the molecule is COc1ccc(C2=N[C@H](c3ccc(OC)cc3)N[C@@H](c3cc(Cl)ccc3O)C2)cc1. The summed E-state index contributed by atoms with van der Waals surface area (Å²) in [6.45, 7) is 0. The third-order valence-corrected chi connectivity index (χ3v) is 5.50. The van der Waals surface area contributed by atoms with Crippen LogP contribution in [-0.4, -0.2) is 25.0 Å². The number of aromatic hydroxyl groups is 1. The smallest absolute Gasteiger partial charge is 0.126 e. The number of rotatable bonds is 5. The molecule has 2 N–H and O–H groups in total. The summed E-state index contributed by atoms with van der Waals surface area (Å²) in [4.78, 5) is 4.97. The monoisotopic (exact) mass is 422 g/mol. The van der Waals surface area contributed by atoms with Crippen molar-refractivity contribution in [2.24, 2.45) is 4.99 Å². The second-order valence-corrected chi connectivity index (χ2v) is 7.54. The Hall–Kier alpha value is -3.02. The first kappa shape index (κ1) is 20.3. The van der Waals surface area contributed by atoms with Gasteiger partial charge >= 0.3 is 0 Å². The fraction of sp³-hybridized carbons (Fsp3) is 0.208. The van der Waals surface area contributed by atoms with Gasteiger partial charge in [0.05, 0.1) is 14.2 Å². The number of nitrogens with one attached hydrogen (secondary N) is 1. The molecule has 1 aliphatic rings. The maximum absolute atomic E-state index is 10.5. The molecule has 0 aliphatic carbocycles. The molecule has 6 heteroatoms. The van der Waals surface area contributed by atoms with Crippen LogP contribution < -0.4 is 14.8 Å². The lowest BCUT2D eigenvalue weighted by atomic mass is 9.93. The van der Waals surface area contributed by atoms with Gasteiger partial charge in [0.1, 0.15) is 23.4 Å². The molecule has 3 aromatic carbocycles. The van der Waals surface area contributed by atoms with Crippen molar-refractivity contribution in [2.75, 3.05) is 14.2 Å². The van der Waals surface area contributed by atoms with E-state index in [4.69, 9.17) is 26.1 Å². The molecule has 0 aromatic heterocycles. The molecule has 5 nitrogen and oxygen atoms in total. The summed E-state index contributed by atoms with van der Waals surface area (Å²) < 4.78 is 10.5. The molecular weight excluding hydrogens is 400 g/mol. The summed E-state index contributed by atoms with van der Waals surface area (Å²) in [6, 6.07) is 20.6. The summed E-state index contributed by atoms with van der Waals surface area (Å²) >= 11 is 6.21. The van der Waals surface area contributed by atoms with Gasteiger partial charge in [-0.1, -0.05) is 23.7 Å². The minimum absolute atomic E-state index is 0.148. The quantitative estimate of drug-likeness (QED) is 0.586. The molecule has 3 aromatic rings. The van der Waals surface area contributed by atoms with Gasteiger partial charge in [0.2, 0.25) is 0 Å². The summed E-state index contributed by atoms with van der Waals surface area (Å²) in [5.41, 5.74) is 3.72.